The molecule has 0 saturated carbocycles. The number of rotatable bonds is 5. The van der Waals surface area contributed by atoms with Gasteiger partial charge in [0, 0.05) is 0 Å². The van der Waals surface area contributed by atoms with Crippen LogP contribution in [0.2, 0.25) is 0 Å². The molecule has 3 heteroatoms. The molecule has 0 rings (SSSR count). The van der Waals surface area contributed by atoms with E-state index in [9.17, 15) is 4.79 Å². The summed E-state index contributed by atoms with van der Waals surface area (Å²) in [6.45, 7) is 4.08. The number of nitriles is 1. The fourth-order valence-corrected chi connectivity index (χ4v) is 1.04. The average Bonchev–Trinajstić information content (AvgIpc) is 2.02. The first-order valence-electron chi connectivity index (χ1n) is 4.21. The lowest BCUT2D eigenvalue weighted by atomic mass is 9.93. The molecule has 0 amide bonds. The lowest BCUT2D eigenvalue weighted by Crippen LogP contribution is -2.09. The first-order valence-corrected chi connectivity index (χ1v) is 4.21. The third kappa shape index (κ3) is 4.73. The van der Waals surface area contributed by atoms with Crippen LogP contribution >= 0.6 is 0 Å². The molecule has 0 aliphatic heterocycles. The quantitative estimate of drug-likeness (QED) is 0.685. The molecule has 0 saturated heterocycles. The van der Waals surface area contributed by atoms with Crippen molar-refractivity contribution in [3.8, 4) is 6.07 Å². The third-order valence-corrected chi connectivity index (χ3v) is 1.99. The van der Waals surface area contributed by atoms with Crippen molar-refractivity contribution in [2.75, 3.05) is 0 Å². The molecule has 2 atom stereocenters. The van der Waals surface area contributed by atoms with Crippen LogP contribution in [0.1, 0.15) is 33.1 Å². The summed E-state index contributed by atoms with van der Waals surface area (Å²) in [6.07, 6.45) is 1.66. The number of carboxylic acid groups (broad SMARTS) is 1. The Labute approximate surface area is 73.0 Å². The number of hydrogen-bond acceptors (Lipinski definition) is 2. The van der Waals surface area contributed by atoms with E-state index in [1.165, 1.54) is 0 Å². The van der Waals surface area contributed by atoms with Crippen LogP contribution in [0.5, 0.6) is 0 Å². The van der Waals surface area contributed by atoms with Gasteiger partial charge in [-0.3, -0.25) is 4.79 Å². The zero-order chi connectivity index (χ0) is 9.56. The molecule has 0 aromatic rings. The summed E-state index contributed by atoms with van der Waals surface area (Å²) in [6, 6.07) is 2.02. The second kappa shape index (κ2) is 5.59. The number of aliphatic carboxylic acids is 1. The highest BCUT2D eigenvalue weighted by Crippen LogP contribution is 2.17. The monoisotopic (exact) mass is 169 g/mol. The number of carbonyl (C=O) groups is 1. The van der Waals surface area contributed by atoms with Gasteiger partial charge in [0.1, 0.15) is 0 Å². The van der Waals surface area contributed by atoms with Crippen LogP contribution in [-0.4, -0.2) is 11.1 Å². The Morgan fingerprint density at radius 1 is 1.67 bits per heavy atom. The Hall–Kier alpha value is -1.04. The second-order valence-electron chi connectivity index (χ2n) is 3.17. The summed E-state index contributed by atoms with van der Waals surface area (Å²) in [4.78, 5) is 10.3. The summed E-state index contributed by atoms with van der Waals surface area (Å²) in [5.41, 5.74) is 0. The lowest BCUT2D eigenvalue weighted by molar-refractivity contribution is -0.137. The van der Waals surface area contributed by atoms with Crippen molar-refractivity contribution >= 4 is 5.97 Å². The molecule has 12 heavy (non-hydrogen) atoms. The van der Waals surface area contributed by atoms with Crippen LogP contribution in [0, 0.1) is 23.2 Å². The van der Waals surface area contributed by atoms with Gasteiger partial charge in [-0.1, -0.05) is 20.3 Å². The van der Waals surface area contributed by atoms with E-state index in [4.69, 9.17) is 10.4 Å². The summed E-state index contributed by atoms with van der Waals surface area (Å²) in [5, 5.41) is 17.1. The van der Waals surface area contributed by atoms with Crippen LogP contribution < -0.4 is 0 Å². The molecule has 0 aliphatic carbocycles. The maximum absolute atomic E-state index is 10.3. The van der Waals surface area contributed by atoms with Gasteiger partial charge in [-0.05, 0) is 12.3 Å². The van der Waals surface area contributed by atoms with Crippen LogP contribution in [0.4, 0.5) is 0 Å². The minimum Gasteiger partial charge on any atom is -0.481 e. The molecule has 0 fully saturated rings. The van der Waals surface area contributed by atoms with E-state index in [2.05, 4.69) is 0 Å². The molecule has 0 heterocycles. The van der Waals surface area contributed by atoms with E-state index in [0.717, 1.165) is 6.42 Å². The van der Waals surface area contributed by atoms with Crippen LogP contribution in [0.3, 0.4) is 0 Å². The van der Waals surface area contributed by atoms with Crippen molar-refractivity contribution in [1.29, 1.82) is 5.26 Å². The first-order chi connectivity index (χ1) is 5.60. The Kier molecular flexibility index (Phi) is 5.11. The van der Waals surface area contributed by atoms with Crippen molar-refractivity contribution in [3.63, 3.8) is 0 Å². The minimum absolute atomic E-state index is 0.0269. The molecule has 0 aromatic heterocycles. The smallest absolute Gasteiger partial charge is 0.304 e. The van der Waals surface area contributed by atoms with Gasteiger partial charge < -0.3 is 5.11 Å². The SMILES string of the molecule is CCC(C)CC(C#N)CC(=O)O. The fourth-order valence-electron chi connectivity index (χ4n) is 1.04. The van der Waals surface area contributed by atoms with Gasteiger partial charge in [-0.25, -0.2) is 0 Å². The number of hydrogen-bond donors (Lipinski definition) is 1. The molecule has 0 bridgehead atoms. The van der Waals surface area contributed by atoms with Gasteiger partial charge in [0.25, 0.3) is 0 Å². The predicted octanol–water partition coefficient (Wildman–Crippen LogP) is 2.04. The summed E-state index contributed by atoms with van der Waals surface area (Å²) in [7, 11) is 0. The summed E-state index contributed by atoms with van der Waals surface area (Å²) >= 11 is 0. The standard InChI is InChI=1S/C9H15NO2/c1-3-7(2)4-8(6-10)5-9(11)12/h7-8H,3-5H2,1-2H3,(H,11,12). The third-order valence-electron chi connectivity index (χ3n) is 1.99. The lowest BCUT2D eigenvalue weighted by Gasteiger charge is -2.10. The maximum atomic E-state index is 10.3. The Bertz CT molecular complexity index is 183. The van der Waals surface area contributed by atoms with Crippen molar-refractivity contribution in [3.05, 3.63) is 0 Å². The van der Waals surface area contributed by atoms with Gasteiger partial charge >= 0.3 is 5.97 Å². The first kappa shape index (κ1) is 11.0. The Morgan fingerprint density at radius 3 is 2.58 bits per heavy atom. The average molecular weight is 169 g/mol. The van der Waals surface area contributed by atoms with Crippen LogP contribution in [0.15, 0.2) is 0 Å². The second-order valence-corrected chi connectivity index (χ2v) is 3.17. The van der Waals surface area contributed by atoms with E-state index in [1.54, 1.807) is 0 Å². The van der Waals surface area contributed by atoms with Crippen molar-refractivity contribution in [2.45, 2.75) is 33.1 Å². The largest absolute Gasteiger partial charge is 0.481 e. The molecular weight excluding hydrogens is 154 g/mol. The molecule has 0 spiro atoms. The van der Waals surface area contributed by atoms with Gasteiger partial charge in [0.15, 0.2) is 0 Å². The van der Waals surface area contributed by atoms with Gasteiger partial charge in [-0.2, -0.15) is 5.26 Å². The van der Waals surface area contributed by atoms with Crippen molar-refractivity contribution < 1.29 is 9.90 Å². The molecule has 0 aliphatic rings. The van der Waals surface area contributed by atoms with Gasteiger partial charge in [0.05, 0.1) is 18.4 Å². The molecule has 3 nitrogen and oxygen atoms in total. The van der Waals surface area contributed by atoms with E-state index < -0.39 is 5.97 Å². The van der Waals surface area contributed by atoms with Gasteiger partial charge in [0.2, 0.25) is 0 Å². The van der Waals surface area contributed by atoms with Crippen molar-refractivity contribution in [2.24, 2.45) is 11.8 Å². The number of nitrogens with zero attached hydrogens (tertiary/aromatic N) is 1. The van der Waals surface area contributed by atoms with Gasteiger partial charge in [-0.15, -0.1) is 0 Å². The highest BCUT2D eigenvalue weighted by atomic mass is 16.4. The van der Waals surface area contributed by atoms with Crippen molar-refractivity contribution in [1.82, 2.24) is 0 Å². The summed E-state index contributed by atoms with van der Waals surface area (Å²) in [5.74, 6) is -0.767. The van der Waals surface area contributed by atoms with Crippen LogP contribution in [-0.2, 0) is 4.79 Å². The molecule has 2 unspecified atom stereocenters. The van der Waals surface area contributed by atoms with Crippen LogP contribution in [0.25, 0.3) is 0 Å². The maximum Gasteiger partial charge on any atom is 0.304 e. The molecular formula is C9H15NO2. The molecule has 68 valence electrons. The topological polar surface area (TPSA) is 61.1 Å². The Balaban J connectivity index is 3.85. The number of carboxylic acids is 1. The van der Waals surface area contributed by atoms with E-state index >= 15 is 0 Å². The highest BCUT2D eigenvalue weighted by molar-refractivity contribution is 5.67. The zero-order valence-electron chi connectivity index (χ0n) is 7.58. The van der Waals surface area contributed by atoms with E-state index in [-0.39, 0.29) is 12.3 Å². The summed E-state index contributed by atoms with van der Waals surface area (Å²) < 4.78 is 0. The highest BCUT2D eigenvalue weighted by Gasteiger charge is 2.14. The minimum atomic E-state index is -0.884. The Morgan fingerprint density at radius 2 is 2.25 bits per heavy atom. The molecule has 1 N–H and O–H groups in total. The van der Waals surface area contributed by atoms with E-state index in [0.29, 0.717) is 12.3 Å². The zero-order valence-corrected chi connectivity index (χ0v) is 7.58. The fraction of sp³-hybridized carbons (Fsp3) is 0.778. The molecule has 0 aromatic carbocycles. The predicted molar refractivity (Wildman–Crippen MR) is 45.4 cm³/mol. The van der Waals surface area contributed by atoms with E-state index in [1.807, 2.05) is 19.9 Å². The normalized spacial score (nSPS) is 14.8. The molecule has 0 radical (unpaired) electrons.